The number of anilines is 1. The van der Waals surface area contributed by atoms with Crippen LogP contribution in [-0.2, 0) is 38.6 Å². The van der Waals surface area contributed by atoms with Crippen LogP contribution in [0.2, 0.25) is 0 Å². The van der Waals surface area contributed by atoms with Gasteiger partial charge in [-0.3, -0.25) is 9.78 Å². The van der Waals surface area contributed by atoms with Crippen LogP contribution in [0.15, 0.2) is 60.8 Å². The van der Waals surface area contributed by atoms with Gasteiger partial charge in [-0.25, -0.2) is 19.2 Å². The largest absolute Gasteiger partial charge is 0.480 e. The molecule has 4 aliphatic heterocycles. The Morgan fingerprint density at radius 3 is 2.73 bits per heavy atom. The van der Waals surface area contributed by atoms with Gasteiger partial charge in [-0.05, 0) is 62.3 Å². The fourth-order valence-electron chi connectivity index (χ4n) is 7.29. The third-order valence-corrected chi connectivity index (χ3v) is 10.3. The van der Waals surface area contributed by atoms with Crippen molar-refractivity contribution in [2.24, 2.45) is 0 Å². The summed E-state index contributed by atoms with van der Waals surface area (Å²) in [4.78, 5) is 37.7. The number of ether oxygens (including phenoxy) is 5. The molecule has 9 rings (SSSR count). The van der Waals surface area contributed by atoms with Crippen LogP contribution in [0, 0.1) is 5.82 Å². The minimum Gasteiger partial charge on any atom is -0.480 e. The van der Waals surface area contributed by atoms with E-state index in [1.54, 1.807) is 12.1 Å². The van der Waals surface area contributed by atoms with Crippen molar-refractivity contribution in [3.05, 3.63) is 83.4 Å². The van der Waals surface area contributed by atoms with E-state index in [4.69, 9.17) is 28.7 Å². The number of aromatic nitrogens is 3. The fraction of sp³-hybridized carbons (Fsp3) is 0.432. The molecule has 1 aliphatic carbocycles. The van der Waals surface area contributed by atoms with Gasteiger partial charge < -0.3 is 39.6 Å². The fourth-order valence-corrected chi connectivity index (χ4v) is 7.29. The molecule has 0 radical (unpaired) electrons. The van der Waals surface area contributed by atoms with Crippen molar-refractivity contribution in [2.75, 3.05) is 31.7 Å². The monoisotopic (exact) mass is 698 g/mol. The van der Waals surface area contributed by atoms with Crippen LogP contribution in [0.1, 0.15) is 48.9 Å². The number of fused-ring (bicyclic) bond motifs is 5. The number of aryl methyl sites for hydroxylation is 1. The van der Waals surface area contributed by atoms with Crippen molar-refractivity contribution >= 4 is 28.9 Å². The molecule has 0 unspecified atom stereocenters. The molecular formula is C37H39FN6O7. The number of rotatable bonds is 11. The zero-order valence-electron chi connectivity index (χ0n) is 28.0. The number of carbonyl (C=O) groups is 2. The quantitative estimate of drug-likeness (QED) is 0.205. The van der Waals surface area contributed by atoms with Crippen molar-refractivity contribution < 1.29 is 37.7 Å². The Morgan fingerprint density at radius 2 is 1.90 bits per heavy atom. The highest BCUT2D eigenvalue weighted by molar-refractivity contribution is 5.94. The predicted molar refractivity (Wildman–Crippen MR) is 182 cm³/mol. The molecule has 5 aliphatic rings. The van der Waals surface area contributed by atoms with E-state index >= 15 is 4.39 Å². The maximum atomic E-state index is 15.4. The second kappa shape index (κ2) is 14.0. The molecule has 7 heterocycles. The van der Waals surface area contributed by atoms with Gasteiger partial charge in [0.1, 0.15) is 18.5 Å². The van der Waals surface area contributed by atoms with Crippen molar-refractivity contribution in [1.82, 2.24) is 25.6 Å². The van der Waals surface area contributed by atoms with Crippen LogP contribution >= 0.6 is 0 Å². The first-order valence-electron chi connectivity index (χ1n) is 17.3. The Bertz CT molecular complexity index is 1910. The third kappa shape index (κ3) is 7.30. The van der Waals surface area contributed by atoms with Crippen molar-refractivity contribution in [3.63, 3.8) is 0 Å². The second-order valence-electron chi connectivity index (χ2n) is 13.7. The number of hydrogen-bond donors (Lipinski definition) is 3. The van der Waals surface area contributed by atoms with Gasteiger partial charge in [0.05, 0.1) is 54.4 Å². The molecule has 3 aromatic heterocycles. The van der Waals surface area contributed by atoms with E-state index in [-0.39, 0.29) is 43.5 Å². The average Bonchev–Trinajstić information content (AvgIpc) is 3.59. The molecule has 3 N–H and O–H groups in total. The molecule has 13 nitrogen and oxygen atoms in total. The molecular weight excluding hydrogens is 659 g/mol. The number of hydrogen-bond acceptors (Lipinski definition) is 11. The number of nitrogens with zero attached hydrogens (tertiary/aromatic N) is 3. The summed E-state index contributed by atoms with van der Waals surface area (Å²) in [5.41, 5.74) is 2.65. The molecule has 4 fully saturated rings. The minimum absolute atomic E-state index is 0.00391. The smallest absolute Gasteiger partial charge is 0.407 e. The Balaban J connectivity index is 0.877. The zero-order chi connectivity index (χ0) is 34.8. The first-order chi connectivity index (χ1) is 24.8. The third-order valence-electron chi connectivity index (χ3n) is 10.3. The highest BCUT2D eigenvalue weighted by Gasteiger charge is 2.49. The van der Waals surface area contributed by atoms with Gasteiger partial charge in [-0.15, -0.1) is 0 Å². The van der Waals surface area contributed by atoms with E-state index in [1.165, 1.54) is 6.20 Å². The highest BCUT2D eigenvalue weighted by atomic mass is 19.1. The lowest BCUT2D eigenvalue weighted by molar-refractivity contribution is -0.165. The lowest BCUT2D eigenvalue weighted by Crippen LogP contribution is -2.61. The van der Waals surface area contributed by atoms with Crippen LogP contribution in [0.5, 0.6) is 11.6 Å². The molecule has 1 aromatic carbocycles. The summed E-state index contributed by atoms with van der Waals surface area (Å²) in [5.74, 6) is 0.670. The van der Waals surface area contributed by atoms with Gasteiger partial charge in [-0.1, -0.05) is 30.3 Å². The van der Waals surface area contributed by atoms with E-state index in [2.05, 4.69) is 25.9 Å². The van der Waals surface area contributed by atoms with Gasteiger partial charge in [0, 0.05) is 23.7 Å². The molecule has 3 saturated heterocycles. The topological polar surface area (TPSA) is 155 Å². The standard InChI is InChI=1S/C37H39FN6O7/c38-26-17-39-27-7-9-32(51-30-20-47-19-28(30)42-35(46)49-18-23-4-2-1-3-5-23)44-33(27)25(26)10-11-37-14-12-36(13-15-37,22-50-37)40-16-24-6-8-29-34(41-24)43-31(45)21-48-29/h1-9,17,28,30,40H,10-16,18-22H2,(H,42,46)(H,41,43,45)/t28-,30-,36?,37?/m1/s1. The summed E-state index contributed by atoms with van der Waals surface area (Å²) < 4.78 is 44.5. The summed E-state index contributed by atoms with van der Waals surface area (Å²) in [6.07, 6.45) is 4.78. The molecule has 2 amide bonds. The molecule has 266 valence electrons. The molecule has 0 spiro atoms. The van der Waals surface area contributed by atoms with Crippen LogP contribution in [0.4, 0.5) is 15.0 Å². The molecule has 2 atom stereocenters. The number of pyridine rings is 3. The molecule has 4 aromatic rings. The van der Waals surface area contributed by atoms with Crippen LogP contribution in [0.25, 0.3) is 11.0 Å². The Hall–Kier alpha value is -4.92. The van der Waals surface area contributed by atoms with Gasteiger partial charge >= 0.3 is 6.09 Å². The van der Waals surface area contributed by atoms with E-state index in [0.29, 0.717) is 60.0 Å². The van der Waals surface area contributed by atoms with Crippen molar-refractivity contribution in [2.45, 2.75) is 75.0 Å². The lowest BCUT2D eigenvalue weighted by Gasteiger charge is -2.53. The maximum absolute atomic E-state index is 15.4. The van der Waals surface area contributed by atoms with E-state index < -0.39 is 24.1 Å². The van der Waals surface area contributed by atoms with Gasteiger partial charge in [0.15, 0.2) is 18.2 Å². The van der Waals surface area contributed by atoms with Crippen molar-refractivity contribution in [1.29, 1.82) is 0 Å². The number of halogens is 1. The Labute approximate surface area is 293 Å². The summed E-state index contributed by atoms with van der Waals surface area (Å²) in [7, 11) is 0. The zero-order valence-corrected chi connectivity index (χ0v) is 28.0. The van der Waals surface area contributed by atoms with E-state index in [0.717, 1.165) is 36.9 Å². The van der Waals surface area contributed by atoms with Crippen LogP contribution in [-0.4, -0.2) is 76.7 Å². The normalized spacial score (nSPS) is 25.2. The van der Waals surface area contributed by atoms with E-state index in [1.807, 2.05) is 42.5 Å². The predicted octanol–water partition coefficient (Wildman–Crippen LogP) is 4.37. The van der Waals surface area contributed by atoms with Gasteiger partial charge in [0.25, 0.3) is 5.91 Å². The van der Waals surface area contributed by atoms with Crippen molar-refractivity contribution in [3.8, 4) is 11.6 Å². The SMILES string of the molecule is O=C1COc2ccc(CNC34CCC(CCc5c(F)cnc6ccc(O[C@@H]7COC[C@H]7NC(=O)OCc7ccccc7)nc56)(CC3)OC4)nc2N1. The summed E-state index contributed by atoms with van der Waals surface area (Å²) in [5, 5.41) is 9.26. The second-order valence-corrected chi connectivity index (χ2v) is 13.7. The molecule has 1 saturated carbocycles. The first kappa shape index (κ1) is 33.2. The average molecular weight is 699 g/mol. The minimum atomic E-state index is -0.568. The maximum Gasteiger partial charge on any atom is 0.407 e. The van der Waals surface area contributed by atoms with Gasteiger partial charge in [-0.2, -0.15) is 0 Å². The molecule has 51 heavy (non-hydrogen) atoms. The number of carbonyl (C=O) groups excluding carboxylic acids is 2. The number of benzene rings is 1. The van der Waals surface area contributed by atoms with E-state index in [9.17, 15) is 9.59 Å². The highest BCUT2D eigenvalue weighted by Crippen LogP contribution is 2.46. The van der Waals surface area contributed by atoms with Crippen LogP contribution < -0.4 is 25.4 Å². The number of amides is 2. The molecule has 14 heteroatoms. The molecule has 2 bridgehead atoms. The van der Waals surface area contributed by atoms with Gasteiger partial charge in [0.2, 0.25) is 5.88 Å². The number of alkyl carbamates (subject to hydrolysis) is 1. The lowest BCUT2D eigenvalue weighted by atomic mass is 9.69. The Morgan fingerprint density at radius 1 is 1.04 bits per heavy atom. The number of nitrogens with one attached hydrogen (secondary N) is 3. The summed E-state index contributed by atoms with van der Waals surface area (Å²) in [6.45, 7) is 1.74. The first-order valence-corrected chi connectivity index (χ1v) is 17.3. The summed E-state index contributed by atoms with van der Waals surface area (Å²) in [6, 6.07) is 16.2. The van der Waals surface area contributed by atoms with Crippen LogP contribution in [0.3, 0.4) is 0 Å². The Kier molecular flexibility index (Phi) is 9.13. The summed E-state index contributed by atoms with van der Waals surface area (Å²) >= 11 is 0.